The number of hydrogen-bond acceptors (Lipinski definition) is 7. The second-order valence-corrected chi connectivity index (χ2v) is 6.01. The summed E-state index contributed by atoms with van der Waals surface area (Å²) in [5.74, 6) is 2.15. The van der Waals surface area contributed by atoms with Gasteiger partial charge >= 0.3 is 0 Å². The third-order valence-electron chi connectivity index (χ3n) is 4.04. The monoisotopic (exact) mass is 365 g/mol. The van der Waals surface area contributed by atoms with Crippen LogP contribution in [0, 0.1) is 0 Å². The number of pyridine rings is 2. The molecule has 140 valence electrons. The molecule has 0 radical (unpaired) electrons. The van der Waals surface area contributed by atoms with Crippen LogP contribution >= 0.6 is 0 Å². The van der Waals surface area contributed by atoms with Crippen molar-refractivity contribution in [2.24, 2.45) is 0 Å². The molecule has 0 saturated carbocycles. The summed E-state index contributed by atoms with van der Waals surface area (Å²) in [6.45, 7) is 3.08. The highest BCUT2D eigenvalue weighted by Crippen LogP contribution is 2.35. The van der Waals surface area contributed by atoms with Crippen LogP contribution in [0.3, 0.4) is 0 Å². The van der Waals surface area contributed by atoms with E-state index in [-0.39, 0.29) is 0 Å². The van der Waals surface area contributed by atoms with Gasteiger partial charge in [0.25, 0.3) is 0 Å². The van der Waals surface area contributed by atoms with Crippen molar-refractivity contribution in [2.75, 3.05) is 25.6 Å². The Labute approximate surface area is 159 Å². The van der Waals surface area contributed by atoms with Crippen LogP contribution in [-0.4, -0.2) is 40.6 Å². The van der Waals surface area contributed by atoms with Crippen molar-refractivity contribution in [1.29, 1.82) is 0 Å². The Morgan fingerprint density at radius 1 is 0.926 bits per heavy atom. The third kappa shape index (κ3) is 4.49. The standard InChI is InChI=1S/C20H23N5O2/c1-4-5-12-25(2)20-23-13-15(14-24-20)27-19-17(9-7-11-22-19)16-8-6-10-21-18(16)26-3/h6-11,13-14H,4-5,12H2,1-3H3. The molecule has 0 fully saturated rings. The molecule has 3 heterocycles. The number of unbranched alkanes of at least 4 members (excludes halogenated alkanes) is 1. The molecule has 0 unspecified atom stereocenters. The Balaban J connectivity index is 1.83. The first-order chi connectivity index (χ1) is 13.2. The van der Waals surface area contributed by atoms with E-state index in [0.29, 0.717) is 23.5 Å². The topological polar surface area (TPSA) is 73.3 Å². The second-order valence-electron chi connectivity index (χ2n) is 6.01. The van der Waals surface area contributed by atoms with E-state index >= 15 is 0 Å². The quantitative estimate of drug-likeness (QED) is 0.598. The van der Waals surface area contributed by atoms with Gasteiger partial charge in [0, 0.05) is 37.1 Å². The van der Waals surface area contributed by atoms with Gasteiger partial charge in [-0.3, -0.25) is 0 Å². The Morgan fingerprint density at radius 3 is 2.19 bits per heavy atom. The molecule has 0 aromatic carbocycles. The average Bonchev–Trinajstić information content (AvgIpc) is 2.73. The minimum absolute atomic E-state index is 0.444. The van der Waals surface area contributed by atoms with E-state index in [1.54, 1.807) is 31.9 Å². The molecular formula is C20H23N5O2. The Kier molecular flexibility index (Phi) is 6.14. The summed E-state index contributed by atoms with van der Waals surface area (Å²) in [7, 11) is 3.57. The highest BCUT2D eigenvalue weighted by molar-refractivity contribution is 5.72. The van der Waals surface area contributed by atoms with Crippen LogP contribution in [-0.2, 0) is 0 Å². The van der Waals surface area contributed by atoms with Crippen LogP contribution in [0.2, 0.25) is 0 Å². The Hall–Kier alpha value is -3.22. The summed E-state index contributed by atoms with van der Waals surface area (Å²) >= 11 is 0. The summed E-state index contributed by atoms with van der Waals surface area (Å²) < 4.78 is 11.3. The number of rotatable bonds is 8. The van der Waals surface area contributed by atoms with Gasteiger partial charge in [-0.2, -0.15) is 0 Å². The van der Waals surface area contributed by atoms with Crippen molar-refractivity contribution >= 4 is 5.95 Å². The number of hydrogen-bond donors (Lipinski definition) is 0. The normalized spacial score (nSPS) is 10.5. The number of aromatic nitrogens is 4. The first-order valence-corrected chi connectivity index (χ1v) is 8.88. The van der Waals surface area contributed by atoms with Crippen molar-refractivity contribution in [3.63, 3.8) is 0 Å². The third-order valence-corrected chi connectivity index (χ3v) is 4.04. The zero-order valence-corrected chi connectivity index (χ0v) is 15.8. The van der Waals surface area contributed by atoms with Gasteiger partial charge in [-0.1, -0.05) is 13.3 Å². The van der Waals surface area contributed by atoms with Crippen molar-refractivity contribution < 1.29 is 9.47 Å². The molecule has 0 amide bonds. The van der Waals surface area contributed by atoms with Crippen LogP contribution < -0.4 is 14.4 Å². The summed E-state index contributed by atoms with van der Waals surface area (Å²) in [4.78, 5) is 19.4. The van der Waals surface area contributed by atoms with E-state index in [9.17, 15) is 0 Å². The van der Waals surface area contributed by atoms with Gasteiger partial charge < -0.3 is 14.4 Å². The SMILES string of the molecule is CCCCN(C)c1ncc(Oc2ncccc2-c2cccnc2OC)cn1. The summed E-state index contributed by atoms with van der Waals surface area (Å²) in [5.41, 5.74) is 1.59. The minimum atomic E-state index is 0.444. The van der Waals surface area contributed by atoms with Crippen molar-refractivity contribution in [3.05, 3.63) is 49.1 Å². The van der Waals surface area contributed by atoms with Crippen molar-refractivity contribution in [1.82, 2.24) is 19.9 Å². The smallest absolute Gasteiger partial charge is 0.227 e. The van der Waals surface area contributed by atoms with Gasteiger partial charge in [0.2, 0.25) is 17.7 Å². The lowest BCUT2D eigenvalue weighted by atomic mass is 10.1. The fourth-order valence-electron chi connectivity index (χ4n) is 2.60. The van der Waals surface area contributed by atoms with E-state index in [1.807, 2.05) is 36.2 Å². The molecule has 7 heteroatoms. The zero-order chi connectivity index (χ0) is 19.1. The van der Waals surface area contributed by atoms with Crippen LogP contribution in [0.25, 0.3) is 11.1 Å². The summed E-state index contributed by atoms with van der Waals surface area (Å²) in [6, 6.07) is 7.52. The van der Waals surface area contributed by atoms with E-state index in [2.05, 4.69) is 26.9 Å². The molecule has 7 nitrogen and oxygen atoms in total. The molecule has 3 aromatic rings. The first-order valence-electron chi connectivity index (χ1n) is 8.88. The summed E-state index contributed by atoms with van der Waals surface area (Å²) in [6.07, 6.45) is 8.90. The van der Waals surface area contributed by atoms with Gasteiger partial charge in [0.1, 0.15) is 0 Å². The highest BCUT2D eigenvalue weighted by Gasteiger charge is 2.14. The predicted molar refractivity (Wildman–Crippen MR) is 104 cm³/mol. The van der Waals surface area contributed by atoms with Crippen LogP contribution in [0.4, 0.5) is 5.95 Å². The van der Waals surface area contributed by atoms with E-state index in [1.165, 1.54) is 0 Å². The maximum absolute atomic E-state index is 5.94. The molecule has 0 bridgehead atoms. The highest BCUT2D eigenvalue weighted by atomic mass is 16.5. The molecule has 0 aliphatic rings. The molecule has 3 rings (SSSR count). The van der Waals surface area contributed by atoms with Gasteiger partial charge in [-0.05, 0) is 30.7 Å². The molecule has 0 atom stereocenters. The maximum Gasteiger partial charge on any atom is 0.227 e. The fraction of sp³-hybridized carbons (Fsp3) is 0.300. The Morgan fingerprint density at radius 2 is 1.56 bits per heavy atom. The number of nitrogens with zero attached hydrogens (tertiary/aromatic N) is 5. The molecule has 0 spiro atoms. The van der Waals surface area contributed by atoms with Crippen molar-refractivity contribution in [3.8, 4) is 28.6 Å². The maximum atomic E-state index is 5.94. The van der Waals surface area contributed by atoms with Gasteiger partial charge in [-0.25, -0.2) is 19.9 Å². The lowest BCUT2D eigenvalue weighted by Crippen LogP contribution is -2.20. The molecule has 0 N–H and O–H groups in total. The largest absolute Gasteiger partial charge is 0.481 e. The second kappa shape index (κ2) is 8.93. The van der Waals surface area contributed by atoms with Crippen LogP contribution in [0.1, 0.15) is 19.8 Å². The number of ether oxygens (including phenoxy) is 2. The predicted octanol–water partition coefficient (Wildman–Crippen LogP) is 3.97. The number of anilines is 1. The molecular weight excluding hydrogens is 342 g/mol. The summed E-state index contributed by atoms with van der Waals surface area (Å²) in [5, 5.41) is 0. The molecule has 0 saturated heterocycles. The van der Waals surface area contributed by atoms with E-state index in [4.69, 9.17) is 9.47 Å². The molecule has 3 aromatic heterocycles. The Bertz CT molecular complexity index is 870. The molecule has 0 aliphatic heterocycles. The van der Waals surface area contributed by atoms with E-state index in [0.717, 1.165) is 30.5 Å². The first kappa shape index (κ1) is 18.6. The van der Waals surface area contributed by atoms with Crippen LogP contribution in [0.15, 0.2) is 49.1 Å². The lowest BCUT2D eigenvalue weighted by Gasteiger charge is -2.16. The van der Waals surface area contributed by atoms with Crippen LogP contribution in [0.5, 0.6) is 17.5 Å². The average molecular weight is 365 g/mol. The lowest BCUT2D eigenvalue weighted by molar-refractivity contribution is 0.399. The van der Waals surface area contributed by atoms with Crippen molar-refractivity contribution in [2.45, 2.75) is 19.8 Å². The fourth-order valence-corrected chi connectivity index (χ4v) is 2.60. The van der Waals surface area contributed by atoms with E-state index < -0.39 is 0 Å². The number of methoxy groups -OCH3 is 1. The van der Waals surface area contributed by atoms with Gasteiger partial charge in [0.05, 0.1) is 19.5 Å². The molecule has 27 heavy (non-hydrogen) atoms. The minimum Gasteiger partial charge on any atom is -0.481 e. The van der Waals surface area contributed by atoms with Gasteiger partial charge in [-0.15, -0.1) is 0 Å². The zero-order valence-electron chi connectivity index (χ0n) is 15.8. The molecule has 0 aliphatic carbocycles. The van der Waals surface area contributed by atoms with Gasteiger partial charge in [0.15, 0.2) is 5.75 Å².